The summed E-state index contributed by atoms with van der Waals surface area (Å²) < 4.78 is 12.4. The molecule has 58 valence electrons. The number of halogens is 1. The van der Waals surface area contributed by atoms with Crippen molar-refractivity contribution >= 4 is 12.0 Å². The van der Waals surface area contributed by atoms with E-state index in [-0.39, 0.29) is 5.69 Å². The topological polar surface area (TPSA) is 66.0 Å². The van der Waals surface area contributed by atoms with Crippen LogP contribution >= 0.6 is 0 Å². The lowest BCUT2D eigenvalue weighted by Crippen LogP contribution is -1.86. The van der Waals surface area contributed by atoms with Gasteiger partial charge in [-0.1, -0.05) is 0 Å². The molecule has 0 amide bonds. The number of nitrogens with one attached hydrogen (secondary N) is 1. The summed E-state index contributed by atoms with van der Waals surface area (Å²) in [5.74, 6) is -1.77. The molecule has 0 unspecified atom stereocenters. The van der Waals surface area contributed by atoms with E-state index in [4.69, 9.17) is 5.11 Å². The fourth-order valence-corrected chi connectivity index (χ4v) is 0.556. The third-order valence-electron chi connectivity index (χ3n) is 1.00. The van der Waals surface area contributed by atoms with Crippen LogP contribution in [-0.4, -0.2) is 21.0 Å². The van der Waals surface area contributed by atoms with Crippen LogP contribution in [0.1, 0.15) is 5.69 Å². The van der Waals surface area contributed by atoms with Crippen molar-refractivity contribution in [3.8, 4) is 0 Å². The van der Waals surface area contributed by atoms with Gasteiger partial charge in [-0.05, 0) is 6.08 Å². The Morgan fingerprint density at radius 2 is 2.55 bits per heavy atom. The molecule has 0 saturated heterocycles. The van der Waals surface area contributed by atoms with E-state index < -0.39 is 11.9 Å². The molecule has 2 N–H and O–H groups in total. The van der Waals surface area contributed by atoms with Crippen LogP contribution in [-0.2, 0) is 4.79 Å². The molecule has 1 rings (SSSR count). The molecule has 0 aliphatic carbocycles. The van der Waals surface area contributed by atoms with Gasteiger partial charge in [0.15, 0.2) is 0 Å². The molecule has 0 aliphatic rings. The van der Waals surface area contributed by atoms with Crippen LogP contribution in [0.4, 0.5) is 4.39 Å². The van der Waals surface area contributed by atoms with Gasteiger partial charge in [0.1, 0.15) is 5.69 Å². The van der Waals surface area contributed by atoms with Crippen molar-refractivity contribution in [3.05, 3.63) is 24.0 Å². The highest BCUT2D eigenvalue weighted by molar-refractivity contribution is 5.84. The SMILES string of the molecule is O=C(O)/C=C\c1nc[nH]c1F. The molecule has 1 heterocycles. The van der Waals surface area contributed by atoms with Crippen LogP contribution < -0.4 is 0 Å². The predicted molar refractivity (Wildman–Crippen MR) is 35.2 cm³/mol. The second-order valence-electron chi connectivity index (χ2n) is 1.77. The summed E-state index contributed by atoms with van der Waals surface area (Å²) >= 11 is 0. The van der Waals surface area contributed by atoms with Crippen molar-refractivity contribution < 1.29 is 14.3 Å². The van der Waals surface area contributed by atoms with Crippen molar-refractivity contribution in [2.45, 2.75) is 0 Å². The van der Waals surface area contributed by atoms with Crippen molar-refractivity contribution in [1.29, 1.82) is 0 Å². The molecule has 0 bridgehead atoms. The molecule has 0 saturated carbocycles. The summed E-state index contributed by atoms with van der Waals surface area (Å²) in [5, 5.41) is 8.16. The Morgan fingerprint density at radius 3 is 3.00 bits per heavy atom. The number of carboxylic acid groups (broad SMARTS) is 1. The third kappa shape index (κ3) is 1.89. The minimum Gasteiger partial charge on any atom is -0.478 e. The van der Waals surface area contributed by atoms with Gasteiger partial charge in [0.25, 0.3) is 0 Å². The molecule has 0 atom stereocenters. The van der Waals surface area contributed by atoms with Crippen LogP contribution in [0.2, 0.25) is 0 Å². The first-order valence-electron chi connectivity index (χ1n) is 2.80. The maximum Gasteiger partial charge on any atom is 0.328 e. The first-order chi connectivity index (χ1) is 5.20. The monoisotopic (exact) mass is 156 g/mol. The predicted octanol–water partition coefficient (Wildman–Crippen LogP) is 0.647. The average molecular weight is 156 g/mol. The number of nitrogens with zero attached hydrogens (tertiary/aromatic N) is 1. The van der Waals surface area contributed by atoms with Gasteiger partial charge in [-0.15, -0.1) is 0 Å². The number of aliphatic carboxylic acids is 1. The maximum absolute atomic E-state index is 12.4. The van der Waals surface area contributed by atoms with E-state index in [1.807, 2.05) is 0 Å². The van der Waals surface area contributed by atoms with E-state index in [0.29, 0.717) is 0 Å². The Morgan fingerprint density at radius 1 is 1.82 bits per heavy atom. The Bertz CT molecular complexity index is 293. The van der Waals surface area contributed by atoms with Gasteiger partial charge >= 0.3 is 5.97 Å². The molecular weight excluding hydrogens is 151 g/mol. The second kappa shape index (κ2) is 2.96. The van der Waals surface area contributed by atoms with Crippen LogP contribution in [0, 0.1) is 5.95 Å². The zero-order valence-corrected chi connectivity index (χ0v) is 5.41. The number of hydrogen-bond acceptors (Lipinski definition) is 2. The summed E-state index contributed by atoms with van der Waals surface area (Å²) in [4.78, 5) is 15.6. The lowest BCUT2D eigenvalue weighted by atomic mass is 10.4. The summed E-state index contributed by atoms with van der Waals surface area (Å²) in [6.07, 6.45) is 3.05. The summed E-state index contributed by atoms with van der Waals surface area (Å²) in [6, 6.07) is 0. The van der Waals surface area contributed by atoms with Crippen LogP contribution in [0.5, 0.6) is 0 Å². The minimum atomic E-state index is -1.13. The summed E-state index contributed by atoms with van der Waals surface area (Å²) in [7, 11) is 0. The van der Waals surface area contributed by atoms with E-state index in [9.17, 15) is 9.18 Å². The first kappa shape index (κ1) is 7.46. The van der Waals surface area contributed by atoms with E-state index in [1.54, 1.807) is 0 Å². The lowest BCUT2D eigenvalue weighted by molar-refractivity contribution is -0.131. The summed E-state index contributed by atoms with van der Waals surface area (Å²) in [6.45, 7) is 0. The number of H-pyrrole nitrogens is 1. The number of carboxylic acids is 1. The van der Waals surface area contributed by atoms with Gasteiger partial charge in [0.05, 0.1) is 6.33 Å². The van der Waals surface area contributed by atoms with Crippen LogP contribution in [0.15, 0.2) is 12.4 Å². The highest BCUT2D eigenvalue weighted by atomic mass is 19.1. The molecule has 0 fully saturated rings. The van der Waals surface area contributed by atoms with E-state index in [2.05, 4.69) is 9.97 Å². The standard InChI is InChI=1S/C6H5FN2O2/c7-6-4(8-3-9-6)1-2-5(10)11/h1-3H,(H,8,9)(H,10,11)/b2-1-. The number of aromatic amines is 1. The normalized spacial score (nSPS) is 10.6. The Hall–Kier alpha value is -1.65. The average Bonchev–Trinajstić information content (AvgIpc) is 2.31. The van der Waals surface area contributed by atoms with Crippen molar-refractivity contribution in [2.75, 3.05) is 0 Å². The number of aromatic nitrogens is 2. The Kier molecular flexibility index (Phi) is 2.00. The van der Waals surface area contributed by atoms with Gasteiger partial charge < -0.3 is 10.1 Å². The lowest BCUT2D eigenvalue weighted by Gasteiger charge is -1.81. The van der Waals surface area contributed by atoms with E-state index in [0.717, 1.165) is 18.5 Å². The minimum absolute atomic E-state index is 0.00704. The molecule has 5 heteroatoms. The molecule has 0 aromatic carbocycles. The number of rotatable bonds is 2. The van der Waals surface area contributed by atoms with Crippen molar-refractivity contribution in [2.24, 2.45) is 0 Å². The molecule has 0 radical (unpaired) electrons. The fraction of sp³-hybridized carbons (Fsp3) is 0. The van der Waals surface area contributed by atoms with Gasteiger partial charge in [0.2, 0.25) is 5.95 Å². The van der Waals surface area contributed by atoms with Gasteiger partial charge in [-0.25, -0.2) is 9.78 Å². The number of hydrogen-bond donors (Lipinski definition) is 2. The van der Waals surface area contributed by atoms with Gasteiger partial charge in [-0.2, -0.15) is 4.39 Å². The molecule has 0 spiro atoms. The highest BCUT2D eigenvalue weighted by Crippen LogP contribution is 2.01. The Balaban J connectivity index is 2.79. The quantitative estimate of drug-likeness (QED) is 0.617. The molecule has 1 aromatic heterocycles. The summed E-state index contributed by atoms with van der Waals surface area (Å²) in [5.41, 5.74) is -0.00704. The maximum atomic E-state index is 12.4. The van der Waals surface area contributed by atoms with Crippen molar-refractivity contribution in [1.82, 2.24) is 9.97 Å². The molecule has 0 aliphatic heterocycles. The third-order valence-corrected chi connectivity index (χ3v) is 1.00. The van der Waals surface area contributed by atoms with Crippen LogP contribution in [0.25, 0.3) is 6.08 Å². The van der Waals surface area contributed by atoms with E-state index in [1.165, 1.54) is 0 Å². The fourth-order valence-electron chi connectivity index (χ4n) is 0.556. The molecule has 1 aromatic rings. The molecule has 4 nitrogen and oxygen atoms in total. The number of carbonyl (C=O) groups is 1. The van der Waals surface area contributed by atoms with Crippen molar-refractivity contribution in [3.63, 3.8) is 0 Å². The first-order valence-corrected chi connectivity index (χ1v) is 2.80. The number of imidazole rings is 1. The van der Waals surface area contributed by atoms with Crippen LogP contribution in [0.3, 0.4) is 0 Å². The zero-order valence-electron chi connectivity index (χ0n) is 5.41. The second-order valence-corrected chi connectivity index (χ2v) is 1.77. The van der Waals surface area contributed by atoms with E-state index >= 15 is 0 Å². The molecule has 11 heavy (non-hydrogen) atoms. The zero-order chi connectivity index (χ0) is 8.27. The molecular formula is C6H5FN2O2. The highest BCUT2D eigenvalue weighted by Gasteiger charge is 1.99. The largest absolute Gasteiger partial charge is 0.478 e. The Labute approximate surface area is 61.4 Å². The smallest absolute Gasteiger partial charge is 0.328 e. The van der Waals surface area contributed by atoms with Gasteiger partial charge in [0, 0.05) is 6.08 Å². The van der Waals surface area contributed by atoms with Gasteiger partial charge in [-0.3, -0.25) is 0 Å².